The third kappa shape index (κ3) is 3.85. The topological polar surface area (TPSA) is 75.1 Å². The minimum Gasteiger partial charge on any atom is -0.392 e. The van der Waals surface area contributed by atoms with Gasteiger partial charge in [-0.25, -0.2) is 0 Å². The molecule has 0 atom stereocenters. The average molecular weight is 291 g/mol. The summed E-state index contributed by atoms with van der Waals surface area (Å²) in [4.78, 5) is 12.0. The molecule has 20 heavy (non-hydrogen) atoms. The van der Waals surface area contributed by atoms with E-state index in [4.69, 9.17) is 5.11 Å². The summed E-state index contributed by atoms with van der Waals surface area (Å²) in [5, 5.41) is 21.1. The van der Waals surface area contributed by atoms with Crippen LogP contribution in [0, 0.1) is 5.92 Å². The molecule has 0 bridgehead atoms. The number of hydrogen-bond donors (Lipinski definition) is 2. The lowest BCUT2D eigenvalue weighted by molar-refractivity contribution is 0.102. The fourth-order valence-corrected chi connectivity index (χ4v) is 2.61. The van der Waals surface area contributed by atoms with Crippen molar-refractivity contribution in [2.45, 2.75) is 26.9 Å². The Morgan fingerprint density at radius 2 is 2.00 bits per heavy atom. The summed E-state index contributed by atoms with van der Waals surface area (Å²) >= 11 is 1.40. The van der Waals surface area contributed by atoms with E-state index in [0.717, 1.165) is 17.0 Å². The minimum atomic E-state index is -0.221. The van der Waals surface area contributed by atoms with Gasteiger partial charge in [0, 0.05) is 12.0 Å². The minimum absolute atomic E-state index is 0.0309. The Labute approximate surface area is 121 Å². The molecule has 1 aromatic heterocycles. The van der Waals surface area contributed by atoms with Gasteiger partial charge in [-0.2, -0.15) is 0 Å². The van der Waals surface area contributed by atoms with Crippen molar-refractivity contribution >= 4 is 22.4 Å². The molecule has 1 amide bonds. The van der Waals surface area contributed by atoms with Crippen LogP contribution in [-0.4, -0.2) is 21.2 Å². The van der Waals surface area contributed by atoms with Crippen LogP contribution in [-0.2, 0) is 13.0 Å². The largest absolute Gasteiger partial charge is 0.392 e. The van der Waals surface area contributed by atoms with Crippen molar-refractivity contribution in [1.82, 2.24) is 10.2 Å². The van der Waals surface area contributed by atoms with Crippen molar-refractivity contribution in [2.24, 2.45) is 5.92 Å². The number of hydrogen-bond acceptors (Lipinski definition) is 5. The van der Waals surface area contributed by atoms with E-state index in [-0.39, 0.29) is 12.5 Å². The molecule has 0 saturated carbocycles. The van der Waals surface area contributed by atoms with Crippen LogP contribution in [0.3, 0.4) is 0 Å². The van der Waals surface area contributed by atoms with Crippen molar-refractivity contribution in [3.63, 3.8) is 0 Å². The number of carbonyl (C=O) groups is 1. The molecule has 0 aliphatic rings. The Balaban J connectivity index is 2.01. The first kappa shape index (κ1) is 14.6. The molecule has 2 aromatic rings. The third-order valence-electron chi connectivity index (χ3n) is 2.67. The highest BCUT2D eigenvalue weighted by Gasteiger charge is 2.11. The van der Waals surface area contributed by atoms with Crippen molar-refractivity contribution in [1.29, 1.82) is 0 Å². The fourth-order valence-electron chi connectivity index (χ4n) is 1.67. The summed E-state index contributed by atoms with van der Waals surface area (Å²) in [6.07, 6.45) is 0.860. The number of nitrogens with one attached hydrogen (secondary N) is 1. The summed E-state index contributed by atoms with van der Waals surface area (Å²) in [6, 6.07) is 6.80. The van der Waals surface area contributed by atoms with E-state index in [0.29, 0.717) is 16.6 Å². The average Bonchev–Trinajstić information content (AvgIpc) is 2.85. The SMILES string of the molecule is CC(C)Cc1nnc(NC(=O)c2ccc(CO)cc2)s1. The Bertz CT molecular complexity index is 578. The predicted octanol–water partition coefficient (Wildman–Crippen LogP) is 2.48. The zero-order valence-corrected chi connectivity index (χ0v) is 12.3. The van der Waals surface area contributed by atoms with E-state index in [9.17, 15) is 4.79 Å². The van der Waals surface area contributed by atoms with E-state index >= 15 is 0 Å². The van der Waals surface area contributed by atoms with Crippen LogP contribution in [0.1, 0.15) is 34.8 Å². The van der Waals surface area contributed by atoms with E-state index < -0.39 is 0 Å². The smallest absolute Gasteiger partial charge is 0.257 e. The van der Waals surface area contributed by atoms with Crippen LogP contribution in [0.25, 0.3) is 0 Å². The molecule has 0 aliphatic heterocycles. The second-order valence-corrected chi connectivity index (χ2v) is 5.97. The first-order valence-electron chi connectivity index (χ1n) is 6.42. The Hall–Kier alpha value is -1.79. The predicted molar refractivity (Wildman–Crippen MR) is 78.8 cm³/mol. The van der Waals surface area contributed by atoms with Gasteiger partial charge < -0.3 is 5.11 Å². The number of aliphatic hydroxyl groups is 1. The standard InChI is InChI=1S/C14H17N3O2S/c1-9(2)7-12-16-17-14(20-12)15-13(19)11-5-3-10(8-18)4-6-11/h3-6,9,18H,7-8H2,1-2H3,(H,15,17,19). The maximum absolute atomic E-state index is 12.0. The Kier molecular flexibility index (Phi) is 4.81. The Morgan fingerprint density at radius 1 is 1.30 bits per heavy atom. The van der Waals surface area contributed by atoms with E-state index in [1.165, 1.54) is 11.3 Å². The number of benzene rings is 1. The number of rotatable bonds is 5. The molecule has 0 aliphatic carbocycles. The molecular weight excluding hydrogens is 274 g/mol. The maximum atomic E-state index is 12.0. The molecule has 0 unspecified atom stereocenters. The van der Waals surface area contributed by atoms with Crippen LogP contribution in [0.5, 0.6) is 0 Å². The lowest BCUT2D eigenvalue weighted by atomic mass is 10.1. The molecule has 0 saturated heterocycles. The van der Waals surface area contributed by atoms with Gasteiger partial charge in [0.1, 0.15) is 5.01 Å². The van der Waals surface area contributed by atoms with Gasteiger partial charge in [0.25, 0.3) is 5.91 Å². The van der Waals surface area contributed by atoms with Gasteiger partial charge in [-0.15, -0.1) is 10.2 Å². The van der Waals surface area contributed by atoms with Gasteiger partial charge in [-0.1, -0.05) is 37.3 Å². The second kappa shape index (κ2) is 6.58. The highest BCUT2D eigenvalue weighted by Crippen LogP contribution is 2.19. The summed E-state index contributed by atoms with van der Waals surface area (Å²) in [5.74, 6) is 0.291. The van der Waals surface area contributed by atoms with Crippen LogP contribution in [0.2, 0.25) is 0 Å². The molecular formula is C14H17N3O2S. The van der Waals surface area contributed by atoms with E-state index in [1.807, 2.05) is 0 Å². The molecule has 2 N–H and O–H groups in total. The van der Waals surface area contributed by atoms with E-state index in [2.05, 4.69) is 29.4 Å². The van der Waals surface area contributed by atoms with Gasteiger partial charge in [0.2, 0.25) is 5.13 Å². The normalized spacial score (nSPS) is 10.8. The lowest BCUT2D eigenvalue weighted by Gasteiger charge is -2.02. The van der Waals surface area contributed by atoms with Crippen molar-refractivity contribution in [3.8, 4) is 0 Å². The molecule has 106 valence electrons. The zero-order chi connectivity index (χ0) is 14.5. The molecule has 6 heteroatoms. The number of aromatic nitrogens is 2. The van der Waals surface area contributed by atoms with Crippen LogP contribution in [0.4, 0.5) is 5.13 Å². The maximum Gasteiger partial charge on any atom is 0.257 e. The number of carbonyl (C=O) groups excluding carboxylic acids is 1. The first-order chi connectivity index (χ1) is 9.58. The van der Waals surface area contributed by atoms with Crippen molar-refractivity contribution < 1.29 is 9.90 Å². The number of aliphatic hydroxyl groups excluding tert-OH is 1. The highest BCUT2D eigenvalue weighted by atomic mass is 32.1. The summed E-state index contributed by atoms with van der Waals surface area (Å²) in [7, 11) is 0. The quantitative estimate of drug-likeness (QED) is 0.887. The summed E-state index contributed by atoms with van der Waals surface area (Å²) in [5.41, 5.74) is 1.31. The fraction of sp³-hybridized carbons (Fsp3) is 0.357. The van der Waals surface area contributed by atoms with Crippen molar-refractivity contribution in [3.05, 3.63) is 40.4 Å². The van der Waals surface area contributed by atoms with Crippen LogP contribution in [0.15, 0.2) is 24.3 Å². The molecule has 0 radical (unpaired) electrons. The molecule has 0 fully saturated rings. The molecule has 5 nitrogen and oxygen atoms in total. The van der Waals surface area contributed by atoms with Gasteiger partial charge in [-0.3, -0.25) is 10.1 Å². The zero-order valence-electron chi connectivity index (χ0n) is 11.5. The van der Waals surface area contributed by atoms with Crippen LogP contribution < -0.4 is 5.32 Å². The molecule has 1 heterocycles. The molecule has 2 rings (SSSR count). The summed E-state index contributed by atoms with van der Waals surface area (Å²) in [6.45, 7) is 4.20. The third-order valence-corrected chi connectivity index (χ3v) is 3.53. The van der Waals surface area contributed by atoms with E-state index in [1.54, 1.807) is 24.3 Å². The van der Waals surface area contributed by atoms with Gasteiger partial charge in [0.15, 0.2) is 0 Å². The highest BCUT2D eigenvalue weighted by molar-refractivity contribution is 7.15. The number of anilines is 1. The Morgan fingerprint density at radius 3 is 2.60 bits per heavy atom. The monoisotopic (exact) mass is 291 g/mol. The van der Waals surface area contributed by atoms with Gasteiger partial charge >= 0.3 is 0 Å². The van der Waals surface area contributed by atoms with Gasteiger partial charge in [0.05, 0.1) is 6.61 Å². The number of nitrogens with zero attached hydrogens (tertiary/aromatic N) is 2. The first-order valence-corrected chi connectivity index (χ1v) is 7.23. The lowest BCUT2D eigenvalue weighted by Crippen LogP contribution is -2.11. The van der Waals surface area contributed by atoms with Crippen LogP contribution >= 0.6 is 11.3 Å². The van der Waals surface area contributed by atoms with Gasteiger partial charge in [-0.05, 0) is 23.6 Å². The molecule has 1 aromatic carbocycles. The van der Waals surface area contributed by atoms with Crippen molar-refractivity contribution in [2.75, 3.05) is 5.32 Å². The second-order valence-electron chi connectivity index (χ2n) is 4.91. The molecule has 0 spiro atoms. The number of amides is 1. The summed E-state index contributed by atoms with van der Waals surface area (Å²) < 4.78 is 0.